The molecule has 0 saturated carbocycles. The predicted molar refractivity (Wildman–Crippen MR) is 275 cm³/mol. The van der Waals surface area contributed by atoms with E-state index in [-0.39, 0.29) is 20.1 Å². The number of imidazole rings is 1. The molecule has 0 aliphatic rings. The second kappa shape index (κ2) is 18.3. The van der Waals surface area contributed by atoms with Gasteiger partial charge in [0.1, 0.15) is 5.58 Å². The van der Waals surface area contributed by atoms with Gasteiger partial charge in [-0.3, -0.25) is 4.98 Å². The van der Waals surface area contributed by atoms with E-state index >= 15 is 0 Å². The standard InChI is InChI=1S/C42H37N2O.C17H22NSi.Ir/c1-24(2)29-21-33(25(3)4)40(34(22-29)26(5)6)44-38-17-10-9-16-37(38)43-42(44)32-15-11-14-31-36-20-28-19-18-27-12-7-8-13-30(27)35(28)23-39(36)45-41(31)32;1-13(2)15-11-16(14-9-7-6-8-10-14)18-12-17(15)19(3,4)5;/h7-14,16-26H,1-6H3;6-9,11-13H,1-5H3;/q2*-1;/i;13D;. The van der Waals surface area contributed by atoms with Gasteiger partial charge in [-0.1, -0.05) is 158 Å². The Labute approximate surface area is 400 Å². The van der Waals surface area contributed by atoms with Gasteiger partial charge in [0.2, 0.25) is 0 Å². The number of hydrogen-bond acceptors (Lipinski definition) is 3. The van der Waals surface area contributed by atoms with Crippen LogP contribution in [0.25, 0.3) is 82.8 Å². The average Bonchev–Trinajstić information content (AvgIpc) is 3.85. The summed E-state index contributed by atoms with van der Waals surface area (Å²) in [7, 11) is -1.50. The molecule has 0 atom stereocenters. The van der Waals surface area contributed by atoms with Crippen molar-refractivity contribution < 1.29 is 25.9 Å². The fraction of sp³-hybridized carbons (Fsp3) is 0.254. The van der Waals surface area contributed by atoms with Crippen molar-refractivity contribution in [3.63, 3.8) is 0 Å². The first-order chi connectivity index (χ1) is 31.0. The molecule has 65 heavy (non-hydrogen) atoms. The van der Waals surface area contributed by atoms with Crippen molar-refractivity contribution >= 4 is 67.8 Å². The molecule has 0 unspecified atom stereocenters. The summed E-state index contributed by atoms with van der Waals surface area (Å²) in [6, 6.07) is 51.6. The van der Waals surface area contributed by atoms with Gasteiger partial charge in [-0.25, -0.2) is 0 Å². The first kappa shape index (κ1) is 44.5. The van der Waals surface area contributed by atoms with Gasteiger partial charge in [-0.05, 0) is 97.0 Å². The molecule has 0 amide bonds. The third-order valence-electron chi connectivity index (χ3n) is 12.6. The molecule has 4 nitrogen and oxygen atoms in total. The van der Waals surface area contributed by atoms with Crippen LogP contribution in [0.5, 0.6) is 0 Å². The smallest absolute Gasteiger partial charge is 0.121 e. The molecule has 6 heteroatoms. The van der Waals surface area contributed by atoms with Gasteiger partial charge >= 0.3 is 0 Å². The summed E-state index contributed by atoms with van der Waals surface area (Å²) in [6.45, 7) is 24.6. The monoisotopic (exact) mass is 1050 g/mol. The number of hydrogen-bond donors (Lipinski definition) is 0. The maximum atomic E-state index is 8.44. The summed E-state index contributed by atoms with van der Waals surface area (Å²) in [5, 5.41) is 8.34. The van der Waals surface area contributed by atoms with Crippen molar-refractivity contribution in [3.8, 4) is 28.3 Å². The minimum atomic E-state index is -1.50. The first-order valence-corrected chi connectivity index (χ1v) is 26.3. The van der Waals surface area contributed by atoms with Crippen LogP contribution in [0.1, 0.15) is 103 Å². The zero-order valence-corrected chi connectivity index (χ0v) is 42.9. The van der Waals surface area contributed by atoms with Crippen molar-refractivity contribution in [2.24, 2.45) is 0 Å². The van der Waals surface area contributed by atoms with Crippen LogP contribution in [0.2, 0.25) is 19.6 Å². The molecule has 1 radical (unpaired) electrons. The second-order valence-electron chi connectivity index (χ2n) is 19.5. The fourth-order valence-electron chi connectivity index (χ4n) is 9.17. The number of furan rings is 1. The molecule has 0 fully saturated rings. The molecule has 0 N–H and O–H groups in total. The third-order valence-corrected chi connectivity index (χ3v) is 14.7. The maximum Gasteiger partial charge on any atom is 0.121 e. The van der Waals surface area contributed by atoms with Crippen LogP contribution in [0, 0.1) is 12.1 Å². The van der Waals surface area contributed by atoms with Gasteiger partial charge < -0.3 is 14.0 Å². The summed E-state index contributed by atoms with van der Waals surface area (Å²) < 4.78 is 17.6. The van der Waals surface area contributed by atoms with Crippen LogP contribution in [-0.4, -0.2) is 22.6 Å². The summed E-state index contributed by atoms with van der Waals surface area (Å²) in [5.74, 6) is 1.36. The Morgan fingerprint density at radius 2 is 1.32 bits per heavy atom. The van der Waals surface area contributed by atoms with Crippen molar-refractivity contribution in [3.05, 3.63) is 168 Å². The van der Waals surface area contributed by atoms with E-state index in [9.17, 15) is 0 Å². The molecule has 0 spiro atoms. The molecule has 7 aromatic carbocycles. The number of benzene rings is 7. The van der Waals surface area contributed by atoms with E-state index in [4.69, 9.17) is 10.8 Å². The summed E-state index contributed by atoms with van der Waals surface area (Å²) in [4.78, 5) is 9.92. The van der Waals surface area contributed by atoms with Crippen LogP contribution >= 0.6 is 0 Å². The number of rotatable bonds is 8. The van der Waals surface area contributed by atoms with Gasteiger partial charge in [0.15, 0.2) is 0 Å². The van der Waals surface area contributed by atoms with E-state index in [0.29, 0.717) is 17.8 Å². The summed E-state index contributed by atoms with van der Waals surface area (Å²) >= 11 is 0. The van der Waals surface area contributed by atoms with Gasteiger partial charge in [0, 0.05) is 38.7 Å². The predicted octanol–water partition coefficient (Wildman–Crippen LogP) is 16.3. The Hall–Kier alpha value is -5.65. The Balaban J connectivity index is 0.000000238. The van der Waals surface area contributed by atoms with Crippen LogP contribution in [0.15, 0.2) is 138 Å². The summed E-state index contributed by atoms with van der Waals surface area (Å²) in [5.41, 5.74) is 12.9. The number of para-hydroxylation sites is 2. The Bertz CT molecular complexity index is 3360. The van der Waals surface area contributed by atoms with Gasteiger partial charge in [0.05, 0.1) is 30.5 Å². The van der Waals surface area contributed by atoms with Crippen molar-refractivity contribution in [1.29, 1.82) is 0 Å². The molecular weight excluding hydrogens is 987 g/mol. The van der Waals surface area contributed by atoms with E-state index in [1.165, 1.54) is 49.1 Å². The molecular formula is C59H59IrN3OSi-2. The van der Waals surface area contributed by atoms with Crippen LogP contribution in [0.4, 0.5) is 0 Å². The normalized spacial score (nSPS) is 12.4. The Morgan fingerprint density at radius 1 is 0.631 bits per heavy atom. The van der Waals surface area contributed by atoms with Gasteiger partial charge in [-0.2, -0.15) is 0 Å². The van der Waals surface area contributed by atoms with E-state index in [0.717, 1.165) is 61.2 Å². The van der Waals surface area contributed by atoms with Crippen LogP contribution in [0.3, 0.4) is 0 Å². The van der Waals surface area contributed by atoms with Crippen molar-refractivity contribution in [2.75, 3.05) is 0 Å². The Kier molecular flexibility index (Phi) is 12.6. The molecule has 0 saturated heterocycles. The zero-order valence-electron chi connectivity index (χ0n) is 40.5. The molecule has 0 aliphatic heterocycles. The van der Waals surface area contributed by atoms with E-state index in [1.54, 1.807) is 0 Å². The minimum absolute atomic E-state index is 0. The maximum absolute atomic E-state index is 8.44. The molecule has 0 aliphatic carbocycles. The van der Waals surface area contributed by atoms with Gasteiger partial charge in [0.25, 0.3) is 0 Å². The van der Waals surface area contributed by atoms with Crippen LogP contribution < -0.4 is 5.19 Å². The van der Waals surface area contributed by atoms with Crippen LogP contribution in [-0.2, 0) is 20.1 Å². The first-order valence-electron chi connectivity index (χ1n) is 23.3. The molecule has 10 rings (SSSR count). The Morgan fingerprint density at radius 3 is 2.00 bits per heavy atom. The number of nitrogens with zero attached hydrogens (tertiary/aromatic N) is 3. The number of aromatic nitrogens is 3. The van der Waals surface area contributed by atoms with E-state index in [2.05, 4.69) is 180 Å². The zero-order chi connectivity index (χ0) is 45.9. The topological polar surface area (TPSA) is 43.9 Å². The number of pyridine rings is 1. The third kappa shape index (κ3) is 8.65. The molecule has 331 valence electrons. The SMILES string of the molecule is CC(C)c1cc(C(C)C)c(-n2c(-c3[c-]ccc4c3oc3cc5c(ccc6ccccc65)cc34)nc3ccccc32)c(C(C)C)c1.[2H]C(C)(C)c1cc(-c2[c-]cccc2)ncc1[Si](C)(C)C.[Ir]. The minimum Gasteiger partial charge on any atom is -0.501 e. The van der Waals surface area contributed by atoms with Crippen molar-refractivity contribution in [2.45, 2.75) is 98.7 Å². The summed E-state index contributed by atoms with van der Waals surface area (Å²) in [6.07, 6.45) is 1.98. The fourth-order valence-corrected chi connectivity index (χ4v) is 10.8. The quantitative estimate of drug-likeness (QED) is 0.0865. The molecule has 0 bridgehead atoms. The van der Waals surface area contributed by atoms with Gasteiger partial charge in [-0.15, -0.1) is 54.1 Å². The molecule has 3 aromatic heterocycles. The molecule has 10 aromatic rings. The number of fused-ring (bicyclic) bond motifs is 7. The van der Waals surface area contributed by atoms with E-state index < -0.39 is 14.0 Å². The molecule has 3 heterocycles. The average molecular weight is 1050 g/mol. The van der Waals surface area contributed by atoms with E-state index in [1.807, 2.05) is 50.4 Å². The van der Waals surface area contributed by atoms with Crippen molar-refractivity contribution in [1.82, 2.24) is 14.5 Å². The second-order valence-corrected chi connectivity index (χ2v) is 24.5. The largest absolute Gasteiger partial charge is 0.501 e.